The van der Waals surface area contributed by atoms with Crippen LogP contribution in [0.3, 0.4) is 0 Å². The number of carboxylic acid groups (broad SMARTS) is 1. The predicted octanol–water partition coefficient (Wildman–Crippen LogP) is 0.851. The summed E-state index contributed by atoms with van der Waals surface area (Å²) in [7, 11) is 0. The lowest BCUT2D eigenvalue weighted by Crippen LogP contribution is -2.59. The Labute approximate surface area is 153 Å². The molecule has 0 unspecified atom stereocenters. The van der Waals surface area contributed by atoms with Crippen LogP contribution in [-0.4, -0.2) is 83.2 Å². The number of likely N-dealkylation sites (N-methyl/N-ethyl adjacent to an activating group) is 1. The van der Waals surface area contributed by atoms with Crippen molar-refractivity contribution in [3.63, 3.8) is 0 Å². The number of pyridine rings is 1. The second-order valence-corrected chi connectivity index (χ2v) is 6.89. The maximum Gasteiger partial charge on any atom is 0.317 e. The van der Waals surface area contributed by atoms with Gasteiger partial charge in [-0.15, -0.1) is 0 Å². The molecule has 2 amide bonds. The highest BCUT2D eigenvalue weighted by molar-refractivity contribution is 5.75. The summed E-state index contributed by atoms with van der Waals surface area (Å²) in [5.74, 6) is 0.151. The minimum atomic E-state index is -0.801. The molecule has 142 valence electrons. The van der Waals surface area contributed by atoms with Crippen molar-refractivity contribution < 1.29 is 14.7 Å². The Morgan fingerprint density at radius 2 is 2.00 bits per heavy atom. The Hall–Kier alpha value is -2.35. The summed E-state index contributed by atoms with van der Waals surface area (Å²) in [6, 6.07) is 6.23. The SMILES string of the molecule is CCN(CC(=O)O)C1CC(NC(=O)N2CCN(c3ccccn3)CC2)C1. The number of urea groups is 1. The molecule has 0 atom stereocenters. The van der Waals surface area contributed by atoms with Crippen LogP contribution in [0.25, 0.3) is 0 Å². The van der Waals surface area contributed by atoms with Gasteiger partial charge in [0.25, 0.3) is 0 Å². The van der Waals surface area contributed by atoms with Gasteiger partial charge < -0.3 is 20.2 Å². The minimum Gasteiger partial charge on any atom is -0.480 e. The van der Waals surface area contributed by atoms with Crippen molar-refractivity contribution in [2.24, 2.45) is 0 Å². The number of nitrogens with one attached hydrogen (secondary N) is 1. The zero-order valence-corrected chi connectivity index (χ0v) is 15.2. The van der Waals surface area contributed by atoms with E-state index < -0.39 is 5.97 Å². The monoisotopic (exact) mass is 361 g/mol. The molecular formula is C18H27N5O3. The Balaban J connectivity index is 1.40. The van der Waals surface area contributed by atoms with E-state index in [2.05, 4.69) is 15.2 Å². The third kappa shape index (κ3) is 4.43. The van der Waals surface area contributed by atoms with Crippen LogP contribution in [0.5, 0.6) is 0 Å². The molecule has 0 aromatic carbocycles. The molecule has 3 rings (SSSR count). The highest BCUT2D eigenvalue weighted by atomic mass is 16.4. The number of amides is 2. The van der Waals surface area contributed by atoms with Gasteiger partial charge in [0.05, 0.1) is 6.54 Å². The van der Waals surface area contributed by atoms with Crippen molar-refractivity contribution in [1.29, 1.82) is 0 Å². The molecule has 1 saturated carbocycles. The lowest BCUT2D eigenvalue weighted by atomic mass is 9.85. The smallest absolute Gasteiger partial charge is 0.317 e. The largest absolute Gasteiger partial charge is 0.480 e. The van der Waals surface area contributed by atoms with Gasteiger partial charge in [0.2, 0.25) is 0 Å². The fourth-order valence-electron chi connectivity index (χ4n) is 3.62. The van der Waals surface area contributed by atoms with Crippen molar-refractivity contribution in [1.82, 2.24) is 20.1 Å². The second-order valence-electron chi connectivity index (χ2n) is 6.89. The maximum atomic E-state index is 12.4. The van der Waals surface area contributed by atoms with Crippen molar-refractivity contribution in [2.45, 2.75) is 31.8 Å². The first-order valence-electron chi connectivity index (χ1n) is 9.24. The first-order valence-corrected chi connectivity index (χ1v) is 9.24. The van der Waals surface area contributed by atoms with E-state index in [1.54, 1.807) is 6.20 Å². The molecule has 8 nitrogen and oxygen atoms in total. The standard InChI is InChI=1S/C18H27N5O3/c1-2-21(13-17(24)25)15-11-14(12-15)20-18(26)23-9-7-22(8-10-23)16-5-3-4-6-19-16/h3-6,14-15H,2,7-13H2,1H3,(H,20,26)(H,24,25). The third-order valence-electron chi connectivity index (χ3n) is 5.24. The van der Waals surface area contributed by atoms with Gasteiger partial charge in [-0.1, -0.05) is 13.0 Å². The molecule has 8 heteroatoms. The molecule has 1 aliphatic carbocycles. The van der Waals surface area contributed by atoms with Gasteiger partial charge in [-0.05, 0) is 31.5 Å². The average Bonchev–Trinajstić information content (AvgIpc) is 2.63. The van der Waals surface area contributed by atoms with Crippen LogP contribution in [0.4, 0.5) is 10.6 Å². The van der Waals surface area contributed by atoms with Crippen LogP contribution < -0.4 is 10.2 Å². The molecule has 26 heavy (non-hydrogen) atoms. The number of anilines is 1. The number of hydrogen-bond donors (Lipinski definition) is 2. The van der Waals surface area contributed by atoms with E-state index in [0.717, 1.165) is 31.7 Å². The van der Waals surface area contributed by atoms with E-state index in [9.17, 15) is 9.59 Å². The summed E-state index contributed by atoms with van der Waals surface area (Å²) in [5.41, 5.74) is 0. The molecule has 1 aromatic rings. The minimum absolute atomic E-state index is 0.0181. The molecule has 0 spiro atoms. The second kappa shape index (κ2) is 8.35. The predicted molar refractivity (Wildman–Crippen MR) is 98.2 cm³/mol. The van der Waals surface area contributed by atoms with E-state index >= 15 is 0 Å². The van der Waals surface area contributed by atoms with Crippen molar-refractivity contribution in [2.75, 3.05) is 44.2 Å². The zero-order valence-electron chi connectivity index (χ0n) is 15.2. The van der Waals surface area contributed by atoms with E-state index in [-0.39, 0.29) is 24.7 Å². The van der Waals surface area contributed by atoms with Crippen LogP contribution in [0.1, 0.15) is 19.8 Å². The Morgan fingerprint density at radius 3 is 2.58 bits per heavy atom. The maximum absolute atomic E-state index is 12.4. The molecule has 1 aromatic heterocycles. The number of aromatic nitrogens is 1. The summed E-state index contributed by atoms with van der Waals surface area (Å²) < 4.78 is 0. The van der Waals surface area contributed by atoms with Gasteiger partial charge >= 0.3 is 12.0 Å². The number of aliphatic carboxylic acids is 1. The highest BCUT2D eigenvalue weighted by Gasteiger charge is 2.35. The summed E-state index contributed by atoms with van der Waals surface area (Å²) >= 11 is 0. The zero-order chi connectivity index (χ0) is 18.5. The van der Waals surface area contributed by atoms with Gasteiger partial charge in [-0.25, -0.2) is 9.78 Å². The number of hydrogen-bond acceptors (Lipinski definition) is 5. The Bertz CT molecular complexity index is 613. The average molecular weight is 361 g/mol. The fourth-order valence-corrected chi connectivity index (χ4v) is 3.62. The number of rotatable bonds is 6. The van der Waals surface area contributed by atoms with Crippen LogP contribution in [0, 0.1) is 0 Å². The van der Waals surface area contributed by atoms with E-state index in [1.807, 2.05) is 34.9 Å². The Kier molecular flexibility index (Phi) is 5.92. The van der Waals surface area contributed by atoms with Gasteiger partial charge in [-0.3, -0.25) is 9.69 Å². The summed E-state index contributed by atoms with van der Waals surface area (Å²) in [4.78, 5) is 33.7. The van der Waals surface area contributed by atoms with Crippen LogP contribution in [-0.2, 0) is 4.79 Å². The summed E-state index contributed by atoms with van der Waals surface area (Å²) in [5, 5.41) is 12.0. The van der Waals surface area contributed by atoms with Gasteiger partial charge in [0, 0.05) is 44.5 Å². The van der Waals surface area contributed by atoms with Crippen molar-refractivity contribution in [3.05, 3.63) is 24.4 Å². The Morgan fingerprint density at radius 1 is 1.27 bits per heavy atom. The lowest BCUT2D eigenvalue weighted by molar-refractivity contribution is -0.139. The summed E-state index contributed by atoms with van der Waals surface area (Å²) in [6.07, 6.45) is 3.42. The molecule has 2 fully saturated rings. The normalized spacial score (nSPS) is 22.8. The van der Waals surface area contributed by atoms with Crippen molar-refractivity contribution >= 4 is 17.8 Å². The van der Waals surface area contributed by atoms with Crippen molar-refractivity contribution in [3.8, 4) is 0 Å². The first-order chi connectivity index (χ1) is 12.6. The lowest BCUT2D eigenvalue weighted by Gasteiger charge is -2.43. The molecular weight excluding hydrogens is 334 g/mol. The van der Waals surface area contributed by atoms with E-state index in [4.69, 9.17) is 5.11 Å². The molecule has 0 radical (unpaired) electrons. The topological polar surface area (TPSA) is 89.0 Å². The number of carboxylic acids is 1. The molecule has 2 N–H and O–H groups in total. The molecule has 1 aliphatic heterocycles. The summed E-state index contributed by atoms with van der Waals surface area (Å²) in [6.45, 7) is 5.66. The fraction of sp³-hybridized carbons (Fsp3) is 0.611. The van der Waals surface area contributed by atoms with Crippen LogP contribution >= 0.6 is 0 Å². The van der Waals surface area contributed by atoms with E-state index in [0.29, 0.717) is 19.6 Å². The number of carbonyl (C=O) groups is 2. The van der Waals surface area contributed by atoms with Crippen LogP contribution in [0.15, 0.2) is 24.4 Å². The number of carbonyl (C=O) groups excluding carboxylic acids is 1. The van der Waals surface area contributed by atoms with E-state index in [1.165, 1.54) is 0 Å². The molecule has 0 bridgehead atoms. The quantitative estimate of drug-likeness (QED) is 0.781. The molecule has 1 saturated heterocycles. The highest BCUT2D eigenvalue weighted by Crippen LogP contribution is 2.25. The molecule has 2 aliphatic rings. The number of nitrogens with zero attached hydrogens (tertiary/aromatic N) is 4. The van der Waals surface area contributed by atoms with Crippen LogP contribution in [0.2, 0.25) is 0 Å². The third-order valence-corrected chi connectivity index (χ3v) is 5.24. The molecule has 2 heterocycles. The first kappa shape index (κ1) is 18.4. The van der Waals surface area contributed by atoms with Gasteiger partial charge in [0.15, 0.2) is 0 Å². The van der Waals surface area contributed by atoms with Gasteiger partial charge in [-0.2, -0.15) is 0 Å². The van der Waals surface area contributed by atoms with Gasteiger partial charge in [0.1, 0.15) is 5.82 Å². The number of piperazine rings is 1.